The zero-order valence-corrected chi connectivity index (χ0v) is 15.0. The number of nitrogens with two attached hydrogens (primary N) is 1. The highest BCUT2D eigenvalue weighted by atomic mass is 15.1. The molecule has 1 rings (SSSR count). The van der Waals surface area contributed by atoms with Crippen LogP contribution < -0.4 is 10.2 Å². The second kappa shape index (κ2) is 10.2. The Morgan fingerprint density at radius 1 is 1.38 bits per heavy atom. The van der Waals surface area contributed by atoms with E-state index in [9.17, 15) is 0 Å². The molecule has 0 heterocycles. The normalized spacial score (nSPS) is 22.3. The first kappa shape index (κ1) is 18.4. The minimum atomic E-state index is 0.868. The van der Waals surface area contributed by atoms with Crippen molar-refractivity contribution in [3.8, 4) is 0 Å². The van der Waals surface area contributed by atoms with Gasteiger partial charge in [-0.05, 0) is 45.4 Å². The number of rotatable bonds is 9. The largest absolute Gasteiger partial charge is 0.346 e. The topological polar surface area (TPSA) is 21.1 Å². The van der Waals surface area contributed by atoms with Gasteiger partial charge < -0.3 is 10.2 Å². The highest BCUT2D eigenvalue weighted by Crippen LogP contribution is 2.30. The molecule has 1 aliphatic rings. The summed E-state index contributed by atoms with van der Waals surface area (Å²) in [5, 5.41) is 2.55. The van der Waals surface area contributed by atoms with Gasteiger partial charge >= 0.3 is 0 Å². The summed E-state index contributed by atoms with van der Waals surface area (Å²) in [5.74, 6) is 1.76. The molecule has 1 aliphatic carbocycles. The Bertz CT molecular complexity index is 337. The van der Waals surface area contributed by atoms with E-state index in [1.54, 1.807) is 10.5 Å². The van der Waals surface area contributed by atoms with Crippen molar-refractivity contribution in [3.63, 3.8) is 0 Å². The molecule has 0 bridgehead atoms. The highest BCUT2D eigenvalue weighted by molar-refractivity contribution is 5.09. The Kier molecular flexibility index (Phi) is 8.94. The van der Waals surface area contributed by atoms with E-state index in [4.69, 9.17) is 0 Å². The Labute approximate surface area is 132 Å². The second-order valence-electron chi connectivity index (χ2n) is 7.48. The lowest BCUT2D eigenvalue weighted by atomic mass is 9.79. The van der Waals surface area contributed by atoms with Crippen LogP contribution in [0, 0.1) is 11.8 Å². The van der Waals surface area contributed by atoms with Crippen molar-refractivity contribution in [2.75, 3.05) is 33.7 Å². The monoisotopic (exact) mass is 294 g/mol. The molecule has 0 radical (unpaired) electrons. The van der Waals surface area contributed by atoms with Crippen molar-refractivity contribution in [1.82, 2.24) is 0 Å². The molecule has 0 aromatic carbocycles. The van der Waals surface area contributed by atoms with Crippen LogP contribution in [0.3, 0.4) is 0 Å². The summed E-state index contributed by atoms with van der Waals surface area (Å²) < 4.78 is 0. The maximum absolute atomic E-state index is 2.55. The summed E-state index contributed by atoms with van der Waals surface area (Å²) in [6.07, 6.45) is 11.4. The van der Waals surface area contributed by atoms with E-state index < -0.39 is 0 Å². The summed E-state index contributed by atoms with van der Waals surface area (Å²) in [7, 11) is 4.48. The molecular formula is C19H38N2+2. The molecule has 3 N–H and O–H groups in total. The van der Waals surface area contributed by atoms with Crippen molar-refractivity contribution in [2.24, 2.45) is 11.8 Å². The van der Waals surface area contributed by atoms with E-state index in [-0.39, 0.29) is 0 Å². The molecule has 2 atom stereocenters. The summed E-state index contributed by atoms with van der Waals surface area (Å²) in [5.41, 5.74) is 3.15. The first-order valence-electron chi connectivity index (χ1n) is 8.91. The molecule has 0 aromatic heterocycles. The minimum Gasteiger partial charge on any atom is -0.346 e. The molecule has 0 aliphatic heterocycles. The molecule has 122 valence electrons. The summed E-state index contributed by atoms with van der Waals surface area (Å²) in [4.78, 5) is 1.57. The van der Waals surface area contributed by atoms with Gasteiger partial charge in [-0.15, -0.1) is 0 Å². The van der Waals surface area contributed by atoms with Crippen LogP contribution in [0.25, 0.3) is 0 Å². The lowest BCUT2D eigenvalue weighted by Crippen LogP contribution is -3.06. The van der Waals surface area contributed by atoms with Crippen LogP contribution >= 0.6 is 0 Å². The predicted molar refractivity (Wildman–Crippen MR) is 92.6 cm³/mol. The summed E-state index contributed by atoms with van der Waals surface area (Å²) in [6, 6.07) is 0. The third-order valence-electron chi connectivity index (χ3n) is 4.67. The van der Waals surface area contributed by atoms with E-state index in [1.165, 1.54) is 57.3 Å². The van der Waals surface area contributed by atoms with Gasteiger partial charge in [0.25, 0.3) is 0 Å². The van der Waals surface area contributed by atoms with E-state index in [0.717, 1.165) is 11.8 Å². The zero-order chi connectivity index (χ0) is 15.7. The highest BCUT2D eigenvalue weighted by Gasteiger charge is 2.23. The van der Waals surface area contributed by atoms with Gasteiger partial charge in [-0.25, -0.2) is 0 Å². The van der Waals surface area contributed by atoms with Gasteiger partial charge in [0.05, 0.1) is 33.7 Å². The second-order valence-corrected chi connectivity index (χ2v) is 7.48. The molecule has 0 aromatic rings. The van der Waals surface area contributed by atoms with Gasteiger partial charge in [-0.3, -0.25) is 0 Å². The SMILES string of the molecule is CC(C)=CCCC1=CC[C@H](C[NH2+]CCC[NH+](C)C)[C@H](C)C1. The average molecular weight is 295 g/mol. The molecule has 0 spiro atoms. The number of allylic oxidation sites excluding steroid dienone is 4. The third kappa shape index (κ3) is 8.43. The predicted octanol–water partition coefficient (Wildman–Crippen LogP) is 1.80. The molecular weight excluding hydrogens is 256 g/mol. The Balaban J connectivity index is 2.21. The lowest BCUT2D eigenvalue weighted by molar-refractivity contribution is -0.860. The van der Waals surface area contributed by atoms with Crippen molar-refractivity contribution >= 4 is 0 Å². The molecule has 0 fully saturated rings. The third-order valence-corrected chi connectivity index (χ3v) is 4.67. The lowest BCUT2D eigenvalue weighted by Gasteiger charge is -2.27. The number of hydrogen-bond acceptors (Lipinski definition) is 0. The van der Waals surface area contributed by atoms with Crippen LogP contribution in [0.15, 0.2) is 23.3 Å². The van der Waals surface area contributed by atoms with Gasteiger partial charge in [-0.2, -0.15) is 0 Å². The standard InChI is InChI=1S/C19H36N2/c1-16(2)8-6-9-18-10-11-19(17(3)14-18)15-20-12-7-13-21(4)5/h8,10,17,19-20H,6-7,9,11-15H2,1-5H3/p+2/t17-,19-/m1/s1. The van der Waals surface area contributed by atoms with E-state index in [1.807, 2.05) is 0 Å². The molecule has 21 heavy (non-hydrogen) atoms. The van der Waals surface area contributed by atoms with Crippen molar-refractivity contribution < 1.29 is 10.2 Å². The summed E-state index contributed by atoms with van der Waals surface area (Å²) >= 11 is 0. The fourth-order valence-electron chi connectivity index (χ4n) is 3.22. The average Bonchev–Trinajstić information content (AvgIpc) is 2.39. The first-order valence-corrected chi connectivity index (χ1v) is 8.91. The van der Waals surface area contributed by atoms with Crippen molar-refractivity contribution in [3.05, 3.63) is 23.3 Å². The summed E-state index contributed by atoms with van der Waals surface area (Å²) in [6.45, 7) is 10.8. The maximum atomic E-state index is 2.55. The number of quaternary nitrogens is 2. The fourth-order valence-corrected chi connectivity index (χ4v) is 3.22. The van der Waals surface area contributed by atoms with Crippen LogP contribution in [0.2, 0.25) is 0 Å². The minimum absolute atomic E-state index is 0.868. The zero-order valence-electron chi connectivity index (χ0n) is 15.0. The molecule has 0 amide bonds. The molecule has 0 saturated carbocycles. The maximum Gasteiger partial charge on any atom is 0.0821 e. The smallest absolute Gasteiger partial charge is 0.0821 e. The quantitative estimate of drug-likeness (QED) is 0.478. The van der Waals surface area contributed by atoms with Crippen molar-refractivity contribution in [1.29, 1.82) is 0 Å². The van der Waals surface area contributed by atoms with E-state index in [0.29, 0.717) is 0 Å². The molecule has 0 unspecified atom stereocenters. The molecule has 2 heteroatoms. The van der Waals surface area contributed by atoms with Crippen LogP contribution in [-0.2, 0) is 0 Å². The molecule has 2 nitrogen and oxygen atoms in total. The van der Waals surface area contributed by atoms with Crippen molar-refractivity contribution in [2.45, 2.75) is 52.9 Å². The fraction of sp³-hybridized carbons (Fsp3) is 0.789. The van der Waals surface area contributed by atoms with Crippen LogP contribution in [0.1, 0.15) is 52.9 Å². The first-order chi connectivity index (χ1) is 9.99. The Hall–Kier alpha value is -0.600. The van der Waals surface area contributed by atoms with E-state index in [2.05, 4.69) is 52.3 Å². The van der Waals surface area contributed by atoms with Crippen LogP contribution in [-0.4, -0.2) is 33.7 Å². The van der Waals surface area contributed by atoms with Gasteiger partial charge in [0, 0.05) is 12.3 Å². The molecule has 0 saturated heterocycles. The van der Waals surface area contributed by atoms with Gasteiger partial charge in [0.2, 0.25) is 0 Å². The van der Waals surface area contributed by atoms with Gasteiger partial charge in [0.15, 0.2) is 0 Å². The Morgan fingerprint density at radius 3 is 2.76 bits per heavy atom. The number of nitrogens with one attached hydrogen (secondary N) is 1. The van der Waals surface area contributed by atoms with Gasteiger partial charge in [-0.1, -0.05) is 30.2 Å². The van der Waals surface area contributed by atoms with Gasteiger partial charge in [0.1, 0.15) is 0 Å². The van der Waals surface area contributed by atoms with Crippen LogP contribution in [0.4, 0.5) is 0 Å². The Morgan fingerprint density at radius 2 is 2.14 bits per heavy atom. The van der Waals surface area contributed by atoms with E-state index >= 15 is 0 Å². The number of hydrogen-bond donors (Lipinski definition) is 2. The van der Waals surface area contributed by atoms with Crippen LogP contribution in [0.5, 0.6) is 0 Å².